The van der Waals surface area contributed by atoms with Gasteiger partial charge in [-0.05, 0) is 37.3 Å². The van der Waals surface area contributed by atoms with Crippen LogP contribution in [0.4, 0.5) is 5.82 Å². The van der Waals surface area contributed by atoms with Crippen molar-refractivity contribution in [1.29, 1.82) is 0 Å². The lowest BCUT2D eigenvalue weighted by Gasteiger charge is -2.06. The fourth-order valence-electron chi connectivity index (χ4n) is 1.50. The SMILES string of the molecule is CCOC(=O)c1cc(C2CC2)cnc1N. The fourth-order valence-corrected chi connectivity index (χ4v) is 1.50. The Bertz CT molecular complexity index is 386. The highest BCUT2D eigenvalue weighted by molar-refractivity contribution is 5.94. The van der Waals surface area contributed by atoms with E-state index in [9.17, 15) is 4.79 Å². The van der Waals surface area contributed by atoms with Crippen LogP contribution in [0.3, 0.4) is 0 Å². The third-order valence-corrected chi connectivity index (χ3v) is 2.48. The molecule has 0 unspecified atom stereocenters. The summed E-state index contributed by atoms with van der Waals surface area (Å²) < 4.78 is 4.90. The van der Waals surface area contributed by atoms with Crippen molar-refractivity contribution < 1.29 is 9.53 Å². The second-order valence-corrected chi connectivity index (χ2v) is 3.70. The molecule has 2 N–H and O–H groups in total. The number of rotatable bonds is 3. The number of nitrogens with two attached hydrogens (primary N) is 1. The van der Waals surface area contributed by atoms with E-state index in [1.165, 1.54) is 12.8 Å². The largest absolute Gasteiger partial charge is 0.462 e. The highest BCUT2D eigenvalue weighted by atomic mass is 16.5. The number of nitrogen functional groups attached to an aromatic ring is 1. The van der Waals surface area contributed by atoms with Gasteiger partial charge in [0.2, 0.25) is 0 Å². The first-order valence-electron chi connectivity index (χ1n) is 5.15. The van der Waals surface area contributed by atoms with Crippen LogP contribution in [0.25, 0.3) is 0 Å². The van der Waals surface area contributed by atoms with Crippen molar-refractivity contribution in [3.63, 3.8) is 0 Å². The molecule has 0 radical (unpaired) electrons. The molecule has 0 atom stereocenters. The Balaban J connectivity index is 2.27. The summed E-state index contributed by atoms with van der Waals surface area (Å²) in [5.74, 6) is 0.425. The van der Waals surface area contributed by atoms with Crippen LogP contribution < -0.4 is 5.73 Å². The summed E-state index contributed by atoms with van der Waals surface area (Å²) in [7, 11) is 0. The number of hydrogen-bond donors (Lipinski definition) is 1. The zero-order valence-electron chi connectivity index (χ0n) is 8.69. The Hall–Kier alpha value is -1.58. The van der Waals surface area contributed by atoms with E-state index in [1.54, 1.807) is 19.2 Å². The second-order valence-electron chi connectivity index (χ2n) is 3.70. The first-order valence-corrected chi connectivity index (χ1v) is 5.15. The highest BCUT2D eigenvalue weighted by Crippen LogP contribution is 2.40. The van der Waals surface area contributed by atoms with Crippen molar-refractivity contribution in [2.75, 3.05) is 12.3 Å². The molecule has 1 fully saturated rings. The van der Waals surface area contributed by atoms with Crippen LogP contribution in [-0.4, -0.2) is 17.6 Å². The summed E-state index contributed by atoms with van der Waals surface area (Å²) in [5.41, 5.74) is 7.11. The summed E-state index contributed by atoms with van der Waals surface area (Å²) in [5, 5.41) is 0. The van der Waals surface area contributed by atoms with Crippen LogP contribution in [0.1, 0.15) is 41.6 Å². The minimum absolute atomic E-state index is 0.248. The van der Waals surface area contributed by atoms with E-state index in [1.807, 2.05) is 0 Å². The van der Waals surface area contributed by atoms with Gasteiger partial charge in [-0.25, -0.2) is 9.78 Å². The maximum atomic E-state index is 11.5. The quantitative estimate of drug-likeness (QED) is 0.765. The smallest absolute Gasteiger partial charge is 0.341 e. The summed E-state index contributed by atoms with van der Waals surface area (Å²) >= 11 is 0. The predicted octanol–water partition coefficient (Wildman–Crippen LogP) is 1.72. The van der Waals surface area contributed by atoms with Crippen molar-refractivity contribution in [3.05, 3.63) is 23.4 Å². The third kappa shape index (κ3) is 2.09. The molecule has 80 valence electrons. The van der Waals surface area contributed by atoms with Gasteiger partial charge in [0.25, 0.3) is 0 Å². The van der Waals surface area contributed by atoms with Gasteiger partial charge >= 0.3 is 5.97 Å². The van der Waals surface area contributed by atoms with Gasteiger partial charge in [0, 0.05) is 6.20 Å². The number of esters is 1. The van der Waals surface area contributed by atoms with Crippen LogP contribution in [0, 0.1) is 0 Å². The lowest BCUT2D eigenvalue weighted by Crippen LogP contribution is -2.09. The molecule has 0 aromatic carbocycles. The van der Waals surface area contributed by atoms with E-state index in [-0.39, 0.29) is 11.8 Å². The molecule has 0 saturated heterocycles. The summed E-state index contributed by atoms with van der Waals surface area (Å²) in [6.07, 6.45) is 4.09. The minimum Gasteiger partial charge on any atom is -0.462 e. The van der Waals surface area contributed by atoms with Gasteiger partial charge in [-0.15, -0.1) is 0 Å². The first kappa shape index (κ1) is 9.96. The van der Waals surface area contributed by atoms with Crippen LogP contribution in [0.5, 0.6) is 0 Å². The molecule has 1 aliphatic carbocycles. The van der Waals surface area contributed by atoms with Crippen molar-refractivity contribution in [3.8, 4) is 0 Å². The molecule has 4 heteroatoms. The van der Waals surface area contributed by atoms with E-state index in [0.29, 0.717) is 18.1 Å². The van der Waals surface area contributed by atoms with E-state index in [4.69, 9.17) is 10.5 Å². The molecule has 0 bridgehead atoms. The Kier molecular flexibility index (Phi) is 2.58. The van der Waals surface area contributed by atoms with Crippen LogP contribution in [-0.2, 0) is 4.74 Å². The molecule has 1 aromatic heterocycles. The lowest BCUT2D eigenvalue weighted by molar-refractivity contribution is 0.0527. The Morgan fingerprint density at radius 1 is 1.67 bits per heavy atom. The van der Waals surface area contributed by atoms with Crippen molar-refractivity contribution in [2.45, 2.75) is 25.7 Å². The van der Waals surface area contributed by atoms with Crippen molar-refractivity contribution >= 4 is 11.8 Å². The van der Waals surface area contributed by atoms with E-state index in [2.05, 4.69) is 4.98 Å². The van der Waals surface area contributed by atoms with Crippen LogP contribution in [0.2, 0.25) is 0 Å². The Morgan fingerprint density at radius 3 is 3.00 bits per heavy atom. The maximum absolute atomic E-state index is 11.5. The molecule has 1 heterocycles. The molecular weight excluding hydrogens is 192 g/mol. The number of anilines is 1. The average Bonchev–Trinajstić information content (AvgIpc) is 3.02. The number of ether oxygens (including phenoxy) is 1. The number of aromatic nitrogens is 1. The second kappa shape index (κ2) is 3.88. The van der Waals surface area contributed by atoms with Crippen LogP contribution in [0.15, 0.2) is 12.3 Å². The normalized spacial score (nSPS) is 15.0. The van der Waals surface area contributed by atoms with Crippen LogP contribution >= 0.6 is 0 Å². The number of pyridine rings is 1. The number of hydrogen-bond acceptors (Lipinski definition) is 4. The predicted molar refractivity (Wildman–Crippen MR) is 56.6 cm³/mol. The van der Waals surface area contributed by atoms with Gasteiger partial charge in [-0.3, -0.25) is 0 Å². The molecule has 0 spiro atoms. The summed E-state index contributed by atoms with van der Waals surface area (Å²) in [4.78, 5) is 15.5. The van der Waals surface area contributed by atoms with Gasteiger partial charge in [0.1, 0.15) is 11.4 Å². The fraction of sp³-hybridized carbons (Fsp3) is 0.455. The first-order chi connectivity index (χ1) is 7.22. The Labute approximate surface area is 88.4 Å². The molecule has 2 rings (SSSR count). The minimum atomic E-state index is -0.384. The summed E-state index contributed by atoms with van der Waals surface area (Å²) in [6, 6.07) is 1.80. The molecule has 15 heavy (non-hydrogen) atoms. The summed E-state index contributed by atoms with van der Waals surface area (Å²) in [6.45, 7) is 2.12. The monoisotopic (exact) mass is 206 g/mol. The van der Waals surface area contributed by atoms with Crippen molar-refractivity contribution in [2.24, 2.45) is 0 Å². The van der Waals surface area contributed by atoms with E-state index in [0.717, 1.165) is 5.56 Å². The van der Waals surface area contributed by atoms with Gasteiger partial charge in [-0.2, -0.15) is 0 Å². The topological polar surface area (TPSA) is 65.2 Å². The van der Waals surface area contributed by atoms with Gasteiger partial charge in [0.15, 0.2) is 0 Å². The maximum Gasteiger partial charge on any atom is 0.341 e. The van der Waals surface area contributed by atoms with Crippen molar-refractivity contribution in [1.82, 2.24) is 4.98 Å². The van der Waals surface area contributed by atoms with Gasteiger partial charge in [-0.1, -0.05) is 0 Å². The molecular formula is C11H14N2O2. The third-order valence-electron chi connectivity index (χ3n) is 2.48. The van der Waals surface area contributed by atoms with Gasteiger partial charge < -0.3 is 10.5 Å². The number of carbonyl (C=O) groups excluding carboxylic acids is 1. The molecule has 0 aliphatic heterocycles. The van der Waals surface area contributed by atoms with Gasteiger partial charge in [0.05, 0.1) is 6.61 Å². The zero-order chi connectivity index (χ0) is 10.8. The number of carbonyl (C=O) groups is 1. The average molecular weight is 206 g/mol. The molecule has 4 nitrogen and oxygen atoms in total. The lowest BCUT2D eigenvalue weighted by atomic mass is 10.1. The molecule has 1 aliphatic rings. The number of nitrogens with zero attached hydrogens (tertiary/aromatic N) is 1. The Morgan fingerprint density at radius 2 is 2.40 bits per heavy atom. The molecule has 0 amide bonds. The molecule has 1 aromatic rings. The zero-order valence-corrected chi connectivity index (χ0v) is 8.69. The van der Waals surface area contributed by atoms with E-state index < -0.39 is 0 Å². The standard InChI is InChI=1S/C11H14N2O2/c1-2-15-11(14)9-5-8(7-3-4-7)6-13-10(9)12/h5-7H,2-4H2,1H3,(H2,12,13). The highest BCUT2D eigenvalue weighted by Gasteiger charge is 2.25. The van der Waals surface area contributed by atoms with E-state index >= 15 is 0 Å². The molecule has 1 saturated carbocycles.